The average Bonchev–Trinajstić information content (AvgIpc) is 3.43. The first-order valence-electron chi connectivity index (χ1n) is 11.0. The van der Waals surface area contributed by atoms with Crippen LogP contribution in [0.1, 0.15) is 48.7 Å². The molecular weight excluding hydrogens is 530 g/mol. The fourth-order valence-electron chi connectivity index (χ4n) is 4.81. The molecule has 0 bridgehead atoms. The molecule has 5 heterocycles. The second-order valence-electron chi connectivity index (χ2n) is 8.90. The summed E-state index contributed by atoms with van der Waals surface area (Å²) in [6.45, 7) is 1.84. The quantitative estimate of drug-likeness (QED) is 0.455. The van der Waals surface area contributed by atoms with E-state index in [1.807, 2.05) is 11.3 Å². The van der Waals surface area contributed by atoms with Gasteiger partial charge in [-0.1, -0.05) is 0 Å². The molecule has 1 atom stereocenters. The van der Waals surface area contributed by atoms with Gasteiger partial charge in [0.1, 0.15) is 16.3 Å². The van der Waals surface area contributed by atoms with Crippen LogP contribution in [-0.4, -0.2) is 55.6 Å². The Hall–Kier alpha value is -0.980. The van der Waals surface area contributed by atoms with Gasteiger partial charge in [-0.3, -0.25) is 0 Å². The van der Waals surface area contributed by atoms with Gasteiger partial charge in [-0.25, -0.2) is 9.97 Å². The summed E-state index contributed by atoms with van der Waals surface area (Å²) in [5, 5.41) is 14.6. The number of aliphatic hydroxyl groups is 1. The molecule has 2 N–H and O–H groups in total. The smallest absolute Gasteiger partial charge is 0.227 e. The van der Waals surface area contributed by atoms with Crippen molar-refractivity contribution in [3.8, 4) is 0 Å². The molecule has 0 spiro atoms. The molecular formula is C21H24BrN5O2S3. The van der Waals surface area contributed by atoms with E-state index in [2.05, 4.69) is 32.2 Å². The molecule has 11 heteroatoms. The predicted molar refractivity (Wildman–Crippen MR) is 134 cm³/mol. The Morgan fingerprint density at radius 2 is 2.06 bits per heavy atom. The molecule has 3 aliphatic rings. The molecule has 0 amide bonds. The SMILES string of the molecule is [O-][S@+]1CCc2nc(N3CCC(c4nc5sc(Br)cc5s4)CC3)nc(NC3(CO)CCC3)c21. The van der Waals surface area contributed by atoms with Crippen LogP contribution in [0.4, 0.5) is 11.8 Å². The number of anilines is 2. The van der Waals surface area contributed by atoms with Crippen molar-refractivity contribution < 1.29 is 9.66 Å². The van der Waals surface area contributed by atoms with E-state index in [4.69, 9.17) is 15.0 Å². The Bertz CT molecular complexity index is 1120. The number of piperidine rings is 1. The van der Waals surface area contributed by atoms with E-state index < -0.39 is 11.2 Å². The lowest BCUT2D eigenvalue weighted by Gasteiger charge is -2.41. The Kier molecular flexibility index (Phi) is 5.62. The van der Waals surface area contributed by atoms with Gasteiger partial charge in [0, 0.05) is 25.4 Å². The van der Waals surface area contributed by atoms with Crippen LogP contribution in [0.15, 0.2) is 14.7 Å². The van der Waals surface area contributed by atoms with E-state index >= 15 is 0 Å². The van der Waals surface area contributed by atoms with Gasteiger partial charge in [-0.05, 0) is 65.3 Å². The number of thiophene rings is 1. The standard InChI is InChI=1S/C21H24BrN5O2S3/c22-15-10-14-19(31-15)25-18(30-14)12-2-7-27(8-3-12)20-23-13-4-9-32(29)16(13)17(24-20)26-21(11-28)5-1-6-21/h10,12,28H,1-9,11H2,(H,23,24,26)/t32-/m1/s1. The van der Waals surface area contributed by atoms with Crippen LogP contribution in [0.5, 0.6) is 0 Å². The molecule has 3 aromatic heterocycles. The lowest BCUT2D eigenvalue weighted by Crippen LogP contribution is -2.49. The lowest BCUT2D eigenvalue weighted by molar-refractivity contribution is 0.143. The summed E-state index contributed by atoms with van der Waals surface area (Å²) in [4.78, 5) is 18.7. The molecule has 1 saturated carbocycles. The number of aromatic nitrogens is 3. The van der Waals surface area contributed by atoms with Gasteiger partial charge >= 0.3 is 0 Å². The predicted octanol–water partition coefficient (Wildman–Crippen LogP) is 4.28. The summed E-state index contributed by atoms with van der Waals surface area (Å²) >= 11 is 5.98. The first kappa shape index (κ1) is 21.5. The van der Waals surface area contributed by atoms with Crippen molar-refractivity contribution in [2.75, 3.05) is 35.7 Å². The molecule has 2 fully saturated rings. The average molecular weight is 555 g/mol. The van der Waals surface area contributed by atoms with Gasteiger partial charge in [-0.2, -0.15) is 4.98 Å². The van der Waals surface area contributed by atoms with Crippen molar-refractivity contribution >= 4 is 71.1 Å². The molecule has 7 nitrogen and oxygen atoms in total. The van der Waals surface area contributed by atoms with Crippen molar-refractivity contribution in [2.45, 2.75) is 54.9 Å². The number of thiazole rings is 1. The first-order chi connectivity index (χ1) is 15.5. The van der Waals surface area contributed by atoms with Crippen LogP contribution < -0.4 is 10.2 Å². The van der Waals surface area contributed by atoms with Gasteiger partial charge in [0.25, 0.3) is 0 Å². The van der Waals surface area contributed by atoms with Crippen molar-refractivity contribution in [2.24, 2.45) is 0 Å². The van der Waals surface area contributed by atoms with Gasteiger partial charge in [0.05, 0.1) is 25.6 Å². The van der Waals surface area contributed by atoms with E-state index in [-0.39, 0.29) is 12.1 Å². The zero-order valence-electron chi connectivity index (χ0n) is 17.5. The highest BCUT2D eigenvalue weighted by Gasteiger charge is 2.41. The fraction of sp³-hybridized carbons (Fsp3) is 0.571. The van der Waals surface area contributed by atoms with Gasteiger partial charge in [0.15, 0.2) is 5.82 Å². The van der Waals surface area contributed by atoms with E-state index in [0.717, 1.165) is 76.8 Å². The summed E-state index contributed by atoms with van der Waals surface area (Å²) in [5.41, 5.74) is 0.572. The third-order valence-corrected chi connectivity index (χ3v) is 11.2. The second kappa shape index (κ2) is 8.35. The number of fused-ring (bicyclic) bond motifs is 2. The zero-order chi connectivity index (χ0) is 21.9. The molecule has 0 unspecified atom stereocenters. The van der Waals surface area contributed by atoms with E-state index in [1.54, 1.807) is 11.3 Å². The lowest BCUT2D eigenvalue weighted by atomic mass is 9.77. The highest BCUT2D eigenvalue weighted by Crippen LogP contribution is 2.41. The molecule has 3 aromatic rings. The summed E-state index contributed by atoms with van der Waals surface area (Å²) in [5.74, 6) is 2.47. The fourth-order valence-corrected chi connectivity index (χ4v) is 9.08. The van der Waals surface area contributed by atoms with Crippen LogP contribution in [0.2, 0.25) is 0 Å². The Morgan fingerprint density at radius 3 is 2.75 bits per heavy atom. The van der Waals surface area contributed by atoms with Crippen LogP contribution in [-0.2, 0) is 17.6 Å². The summed E-state index contributed by atoms with van der Waals surface area (Å²) in [6.07, 6.45) is 5.69. The van der Waals surface area contributed by atoms with Crippen LogP contribution in [0, 0.1) is 0 Å². The van der Waals surface area contributed by atoms with Gasteiger partial charge in [0.2, 0.25) is 10.8 Å². The highest BCUT2D eigenvalue weighted by molar-refractivity contribution is 9.11. The largest absolute Gasteiger partial charge is 0.611 e. The van der Waals surface area contributed by atoms with Crippen molar-refractivity contribution in [1.29, 1.82) is 0 Å². The summed E-state index contributed by atoms with van der Waals surface area (Å²) < 4.78 is 15.0. The number of nitrogens with zero attached hydrogens (tertiary/aromatic N) is 4. The highest BCUT2D eigenvalue weighted by atomic mass is 79.9. The number of aryl methyl sites for hydroxylation is 1. The van der Waals surface area contributed by atoms with Crippen LogP contribution >= 0.6 is 38.6 Å². The maximum Gasteiger partial charge on any atom is 0.227 e. The third kappa shape index (κ3) is 3.74. The molecule has 1 aliphatic carbocycles. The van der Waals surface area contributed by atoms with E-state index in [1.165, 1.54) is 9.71 Å². The Balaban J connectivity index is 1.22. The number of aliphatic hydroxyl groups excluding tert-OH is 1. The minimum Gasteiger partial charge on any atom is -0.611 e. The summed E-state index contributed by atoms with van der Waals surface area (Å²) in [7, 11) is 0. The van der Waals surface area contributed by atoms with Crippen LogP contribution in [0.3, 0.4) is 0 Å². The van der Waals surface area contributed by atoms with Crippen molar-refractivity contribution in [1.82, 2.24) is 15.0 Å². The van der Waals surface area contributed by atoms with Gasteiger partial charge < -0.3 is 19.9 Å². The number of halogens is 1. The van der Waals surface area contributed by atoms with Crippen molar-refractivity contribution in [3.63, 3.8) is 0 Å². The minimum absolute atomic E-state index is 0.0704. The zero-order valence-corrected chi connectivity index (χ0v) is 21.5. The molecule has 1 saturated heterocycles. The molecule has 6 rings (SSSR count). The number of hydrogen-bond acceptors (Lipinski definition) is 9. The molecule has 32 heavy (non-hydrogen) atoms. The first-order valence-corrected chi connectivity index (χ1v) is 14.8. The summed E-state index contributed by atoms with van der Waals surface area (Å²) in [6, 6.07) is 2.16. The monoisotopic (exact) mass is 553 g/mol. The number of hydrogen-bond donors (Lipinski definition) is 2. The molecule has 2 aliphatic heterocycles. The number of nitrogens with one attached hydrogen (secondary N) is 1. The number of rotatable bonds is 5. The second-order valence-corrected chi connectivity index (χ2v) is 13.9. The van der Waals surface area contributed by atoms with Crippen LogP contribution in [0.25, 0.3) is 9.53 Å². The normalized spacial score (nSPS) is 22.8. The Morgan fingerprint density at radius 1 is 1.25 bits per heavy atom. The molecule has 170 valence electrons. The molecule has 0 radical (unpaired) electrons. The van der Waals surface area contributed by atoms with Gasteiger partial charge in [-0.15, -0.1) is 22.7 Å². The van der Waals surface area contributed by atoms with E-state index in [0.29, 0.717) is 17.5 Å². The minimum atomic E-state index is -1.07. The Labute approximate surface area is 206 Å². The maximum atomic E-state index is 12.6. The topological polar surface area (TPSA) is 97.2 Å². The molecule has 0 aromatic carbocycles. The van der Waals surface area contributed by atoms with Crippen molar-refractivity contribution in [3.05, 3.63) is 20.6 Å². The maximum absolute atomic E-state index is 12.6. The third-order valence-electron chi connectivity index (χ3n) is 6.88. The van der Waals surface area contributed by atoms with E-state index in [9.17, 15) is 9.66 Å².